The van der Waals surface area contributed by atoms with Gasteiger partial charge in [0.2, 0.25) is 0 Å². The van der Waals surface area contributed by atoms with Gasteiger partial charge in [-0.25, -0.2) is 9.97 Å². The molecule has 1 aromatic rings. The van der Waals surface area contributed by atoms with Crippen LogP contribution in [0.25, 0.3) is 0 Å². The van der Waals surface area contributed by atoms with Crippen molar-refractivity contribution in [3.8, 4) is 0 Å². The Hall–Kier alpha value is -1.27. The Bertz CT molecular complexity index is 393. The van der Waals surface area contributed by atoms with Crippen LogP contribution in [-0.4, -0.2) is 34.2 Å². The van der Waals surface area contributed by atoms with E-state index in [4.69, 9.17) is 22.7 Å². The number of hydrogen-bond acceptors (Lipinski definition) is 5. The van der Waals surface area contributed by atoms with Gasteiger partial charge >= 0.3 is 0 Å². The van der Waals surface area contributed by atoms with E-state index in [1.54, 1.807) is 12.4 Å². The number of nitrogens with one attached hydrogen (secondary N) is 1. The van der Waals surface area contributed by atoms with Crippen molar-refractivity contribution >= 4 is 23.0 Å². The van der Waals surface area contributed by atoms with Gasteiger partial charge in [0.1, 0.15) is 10.7 Å². The molecule has 1 unspecified atom stereocenters. The summed E-state index contributed by atoms with van der Waals surface area (Å²) in [6, 6.07) is 0. The van der Waals surface area contributed by atoms with E-state index in [1.165, 1.54) is 0 Å². The number of hydrogen-bond donors (Lipinski definition) is 2. The summed E-state index contributed by atoms with van der Waals surface area (Å²) in [5.41, 5.74) is 6.12. The van der Waals surface area contributed by atoms with E-state index in [1.807, 2.05) is 0 Å². The van der Waals surface area contributed by atoms with Crippen LogP contribution in [0.5, 0.6) is 0 Å². The zero-order valence-electron chi connectivity index (χ0n) is 9.56. The number of thiocarbonyl (C=S) groups is 1. The third-order valence-electron chi connectivity index (χ3n) is 2.71. The van der Waals surface area contributed by atoms with Crippen LogP contribution in [0.15, 0.2) is 12.4 Å². The summed E-state index contributed by atoms with van der Waals surface area (Å²) >= 11 is 4.92. The third kappa shape index (κ3) is 3.34. The van der Waals surface area contributed by atoms with Gasteiger partial charge in [-0.3, -0.25) is 0 Å². The average molecular weight is 252 g/mol. The van der Waals surface area contributed by atoms with Gasteiger partial charge in [-0.1, -0.05) is 12.2 Å². The summed E-state index contributed by atoms with van der Waals surface area (Å²) in [5.74, 6) is 0.651. The Morgan fingerprint density at radius 1 is 1.53 bits per heavy atom. The molecule has 0 radical (unpaired) electrons. The van der Waals surface area contributed by atoms with Crippen LogP contribution in [0.2, 0.25) is 0 Å². The highest BCUT2D eigenvalue weighted by Crippen LogP contribution is 2.15. The molecule has 0 spiro atoms. The molecular weight excluding hydrogens is 236 g/mol. The summed E-state index contributed by atoms with van der Waals surface area (Å²) < 4.78 is 5.54. The van der Waals surface area contributed by atoms with Gasteiger partial charge in [-0.15, -0.1) is 0 Å². The van der Waals surface area contributed by atoms with Gasteiger partial charge in [-0.05, 0) is 19.3 Å². The lowest BCUT2D eigenvalue weighted by atomic mass is 10.2. The van der Waals surface area contributed by atoms with Gasteiger partial charge in [0.05, 0.1) is 6.10 Å². The van der Waals surface area contributed by atoms with Crippen molar-refractivity contribution in [2.75, 3.05) is 18.5 Å². The number of rotatable bonds is 5. The first-order valence-electron chi connectivity index (χ1n) is 5.73. The second-order valence-corrected chi connectivity index (χ2v) is 4.41. The molecule has 6 heteroatoms. The van der Waals surface area contributed by atoms with E-state index >= 15 is 0 Å². The van der Waals surface area contributed by atoms with Gasteiger partial charge in [-0.2, -0.15) is 0 Å². The van der Waals surface area contributed by atoms with Crippen molar-refractivity contribution in [3.63, 3.8) is 0 Å². The maximum Gasteiger partial charge on any atom is 0.155 e. The summed E-state index contributed by atoms with van der Waals surface area (Å²) in [6.45, 7) is 1.67. The molecule has 2 heterocycles. The van der Waals surface area contributed by atoms with Crippen molar-refractivity contribution < 1.29 is 4.74 Å². The van der Waals surface area contributed by atoms with Gasteiger partial charge in [0.15, 0.2) is 5.82 Å². The number of aromatic nitrogens is 2. The normalized spacial score (nSPS) is 19.2. The van der Waals surface area contributed by atoms with E-state index in [-0.39, 0.29) is 4.99 Å². The number of nitrogens with two attached hydrogens (primary N) is 1. The molecular formula is C11H16N4OS. The topological polar surface area (TPSA) is 73.1 Å². The molecule has 1 atom stereocenters. The average Bonchev–Trinajstić information content (AvgIpc) is 2.82. The van der Waals surface area contributed by atoms with Crippen LogP contribution >= 0.6 is 12.2 Å². The van der Waals surface area contributed by atoms with Crippen molar-refractivity contribution in [2.24, 2.45) is 5.73 Å². The van der Waals surface area contributed by atoms with E-state index in [2.05, 4.69) is 15.3 Å². The van der Waals surface area contributed by atoms with Gasteiger partial charge < -0.3 is 15.8 Å². The summed E-state index contributed by atoms with van der Waals surface area (Å²) in [4.78, 5) is 8.55. The molecule has 1 aromatic heterocycles. The highest BCUT2D eigenvalue weighted by molar-refractivity contribution is 7.80. The lowest BCUT2D eigenvalue weighted by molar-refractivity contribution is 0.107. The maximum absolute atomic E-state index is 5.57. The Labute approximate surface area is 106 Å². The second-order valence-electron chi connectivity index (χ2n) is 3.97. The molecule has 0 aliphatic carbocycles. The molecule has 1 saturated heterocycles. The van der Waals surface area contributed by atoms with Crippen LogP contribution in [0.4, 0.5) is 5.82 Å². The monoisotopic (exact) mass is 252 g/mol. The predicted molar refractivity (Wildman–Crippen MR) is 70.0 cm³/mol. The Kier molecular flexibility index (Phi) is 4.22. The third-order valence-corrected chi connectivity index (χ3v) is 2.91. The SMILES string of the molecule is NC(=S)c1nccnc1NCCC1CCCO1. The van der Waals surface area contributed by atoms with Crippen molar-refractivity contribution in [2.45, 2.75) is 25.4 Å². The highest BCUT2D eigenvalue weighted by atomic mass is 32.1. The van der Waals surface area contributed by atoms with Crippen molar-refractivity contribution in [1.29, 1.82) is 0 Å². The number of anilines is 1. The fourth-order valence-electron chi connectivity index (χ4n) is 1.87. The Morgan fingerprint density at radius 3 is 3.06 bits per heavy atom. The van der Waals surface area contributed by atoms with Crippen molar-refractivity contribution in [3.05, 3.63) is 18.1 Å². The van der Waals surface area contributed by atoms with Crippen LogP contribution in [0, 0.1) is 0 Å². The molecule has 17 heavy (non-hydrogen) atoms. The van der Waals surface area contributed by atoms with E-state index in [9.17, 15) is 0 Å². The molecule has 3 N–H and O–H groups in total. The molecule has 0 bridgehead atoms. The maximum atomic E-state index is 5.57. The number of ether oxygens (including phenoxy) is 1. The zero-order chi connectivity index (χ0) is 12.1. The molecule has 0 saturated carbocycles. The molecule has 0 amide bonds. The first kappa shape index (κ1) is 12.2. The molecule has 0 aromatic carbocycles. The second kappa shape index (κ2) is 5.88. The van der Waals surface area contributed by atoms with Crippen LogP contribution in [0.1, 0.15) is 25.0 Å². The van der Waals surface area contributed by atoms with Gasteiger partial charge in [0.25, 0.3) is 0 Å². The minimum absolute atomic E-state index is 0.262. The predicted octanol–water partition coefficient (Wildman–Crippen LogP) is 1.09. The van der Waals surface area contributed by atoms with E-state index < -0.39 is 0 Å². The summed E-state index contributed by atoms with van der Waals surface area (Å²) in [6.07, 6.45) is 6.84. The quantitative estimate of drug-likeness (QED) is 0.764. The summed E-state index contributed by atoms with van der Waals surface area (Å²) in [7, 11) is 0. The Balaban J connectivity index is 1.87. The first-order chi connectivity index (χ1) is 8.27. The first-order valence-corrected chi connectivity index (χ1v) is 6.14. The molecule has 2 rings (SSSR count). The number of nitrogens with zero attached hydrogens (tertiary/aromatic N) is 2. The minimum Gasteiger partial charge on any atom is -0.388 e. The van der Waals surface area contributed by atoms with Crippen LogP contribution in [0.3, 0.4) is 0 Å². The minimum atomic E-state index is 0.262. The molecule has 92 valence electrons. The lowest BCUT2D eigenvalue weighted by Crippen LogP contribution is -2.18. The molecule has 1 aliphatic heterocycles. The molecule has 1 fully saturated rings. The largest absolute Gasteiger partial charge is 0.388 e. The molecule has 1 aliphatic rings. The summed E-state index contributed by atoms with van der Waals surface area (Å²) in [5, 5.41) is 3.20. The Morgan fingerprint density at radius 2 is 2.35 bits per heavy atom. The van der Waals surface area contributed by atoms with E-state index in [0.717, 1.165) is 32.4 Å². The van der Waals surface area contributed by atoms with Gasteiger partial charge in [0, 0.05) is 25.5 Å². The fraction of sp³-hybridized carbons (Fsp3) is 0.545. The highest BCUT2D eigenvalue weighted by Gasteiger charge is 2.15. The lowest BCUT2D eigenvalue weighted by Gasteiger charge is -2.11. The zero-order valence-corrected chi connectivity index (χ0v) is 10.4. The van der Waals surface area contributed by atoms with E-state index in [0.29, 0.717) is 17.6 Å². The van der Waals surface area contributed by atoms with Crippen molar-refractivity contribution in [1.82, 2.24) is 9.97 Å². The smallest absolute Gasteiger partial charge is 0.155 e. The van der Waals surface area contributed by atoms with Crippen LogP contribution in [-0.2, 0) is 4.74 Å². The van der Waals surface area contributed by atoms with Crippen LogP contribution < -0.4 is 11.1 Å². The fourth-order valence-corrected chi connectivity index (χ4v) is 2.02. The molecule has 5 nitrogen and oxygen atoms in total. The standard InChI is InChI=1S/C11H16N4OS/c12-10(17)9-11(15-6-5-13-9)14-4-3-8-2-1-7-16-8/h5-6,8H,1-4,7H2,(H2,12,17)(H,14,15).